The standard InChI is InChI=1S/C57H54N4O2S2/c1-58-50-32-18-20-34-52(50)62-54(58)38-42-40-56(60(44-24-10-8-11-25-44)48-30-16-14-28-46(42)48)64-36-22-6-4-3-5-7-23-37-65-57-41-43(39-55-59(2)51-33-19-21-35-53(51)63-55)47-29-15-17-31-49(47)61(57)45-26-12-9-13-27-45/h8-21,24-35,38-41H,3-7,22-23,36-37H2,1-2H3/q+2. The number of anilines is 2. The fourth-order valence-corrected chi connectivity index (χ4v) is 11.2. The van der Waals surface area contributed by atoms with Crippen molar-refractivity contribution in [3.05, 3.63) is 193 Å². The molecule has 2 aliphatic heterocycles. The predicted molar refractivity (Wildman–Crippen MR) is 272 cm³/mol. The molecule has 0 aliphatic carbocycles. The molecule has 8 aromatic rings. The van der Waals surface area contributed by atoms with Crippen LogP contribution < -0.4 is 28.4 Å². The van der Waals surface area contributed by atoms with Crippen LogP contribution in [0.5, 0.6) is 11.5 Å². The molecule has 0 saturated heterocycles. The van der Waals surface area contributed by atoms with Crippen molar-refractivity contribution in [2.75, 3.05) is 35.4 Å². The molecule has 0 unspecified atom stereocenters. The minimum absolute atomic E-state index is 0.838. The molecule has 0 amide bonds. The molecule has 2 aromatic heterocycles. The molecule has 0 atom stereocenters. The molecule has 0 spiro atoms. The predicted octanol–water partition coefficient (Wildman–Crippen LogP) is 13.8. The fraction of sp³-hybridized carbons (Fsp3) is 0.193. The first kappa shape index (κ1) is 42.5. The molecular weight excluding hydrogens is 837 g/mol. The van der Waals surface area contributed by atoms with Crippen molar-refractivity contribution in [1.29, 1.82) is 0 Å². The number of hydrogen-bond donors (Lipinski definition) is 0. The Morgan fingerprint density at radius 2 is 0.800 bits per heavy atom. The van der Waals surface area contributed by atoms with E-state index in [9.17, 15) is 0 Å². The Kier molecular flexibility index (Phi) is 12.9. The Morgan fingerprint density at radius 1 is 0.431 bits per heavy atom. The summed E-state index contributed by atoms with van der Waals surface area (Å²) in [6.07, 6.45) is 13.1. The van der Waals surface area contributed by atoms with Crippen molar-refractivity contribution in [2.45, 2.75) is 55.0 Å². The van der Waals surface area contributed by atoms with Gasteiger partial charge in [-0.3, -0.25) is 0 Å². The van der Waals surface area contributed by atoms with Crippen LogP contribution in [0, 0.1) is 0 Å². The monoisotopic (exact) mass is 890 g/mol. The normalized spacial score (nSPS) is 14.3. The van der Waals surface area contributed by atoms with E-state index >= 15 is 0 Å². The van der Waals surface area contributed by atoms with Crippen molar-refractivity contribution in [3.63, 3.8) is 0 Å². The Balaban J connectivity index is 0.765. The number of unbranched alkanes of at least 4 members (excludes halogenated alkanes) is 6. The van der Waals surface area contributed by atoms with Gasteiger partial charge in [0.05, 0.1) is 22.1 Å². The van der Waals surface area contributed by atoms with Crippen LogP contribution in [0.4, 0.5) is 11.4 Å². The molecule has 0 N–H and O–H groups in total. The van der Waals surface area contributed by atoms with E-state index in [1.807, 2.05) is 47.8 Å². The molecule has 2 aliphatic rings. The molecular formula is C57H54N4O2S2+2. The number of ether oxygens (including phenoxy) is 2. The number of fused-ring (bicyclic) bond motifs is 4. The maximum atomic E-state index is 6.35. The van der Waals surface area contributed by atoms with E-state index in [2.05, 4.69) is 191 Å². The minimum atomic E-state index is 0.838. The lowest BCUT2D eigenvalue weighted by Crippen LogP contribution is -2.34. The number of nitrogens with zero attached hydrogens (tertiary/aromatic N) is 4. The first-order valence-corrected chi connectivity index (χ1v) is 24.8. The van der Waals surface area contributed by atoms with E-state index in [4.69, 9.17) is 9.47 Å². The first-order chi connectivity index (χ1) is 32.1. The van der Waals surface area contributed by atoms with E-state index in [0.29, 0.717) is 0 Å². The number of aromatic nitrogens is 2. The topological polar surface area (TPSA) is 32.7 Å². The molecule has 10 rings (SSSR count). The average molecular weight is 891 g/mol. The molecule has 0 radical (unpaired) electrons. The summed E-state index contributed by atoms with van der Waals surface area (Å²) in [5.74, 6) is 5.60. The Morgan fingerprint density at radius 3 is 1.23 bits per heavy atom. The van der Waals surface area contributed by atoms with Gasteiger partial charge in [0, 0.05) is 97.4 Å². The summed E-state index contributed by atoms with van der Waals surface area (Å²) < 4.78 is 17.5. The lowest BCUT2D eigenvalue weighted by Gasteiger charge is -2.13. The van der Waals surface area contributed by atoms with Gasteiger partial charge in [0.25, 0.3) is 0 Å². The fourth-order valence-electron chi connectivity index (χ4n) is 8.95. The van der Waals surface area contributed by atoms with Crippen molar-refractivity contribution in [1.82, 2.24) is 0 Å². The molecule has 0 bridgehead atoms. The maximum Gasteiger partial charge on any atom is 0.247 e. The second-order valence-electron chi connectivity index (χ2n) is 16.6. The highest BCUT2D eigenvalue weighted by Crippen LogP contribution is 2.40. The zero-order valence-electron chi connectivity index (χ0n) is 37.1. The number of benzene rings is 6. The number of pyridine rings is 2. The third-order valence-corrected chi connectivity index (χ3v) is 14.5. The van der Waals surface area contributed by atoms with Crippen LogP contribution in [0.15, 0.2) is 192 Å². The molecule has 0 saturated carbocycles. The van der Waals surface area contributed by atoms with Gasteiger partial charge in [0.2, 0.25) is 44.2 Å². The quantitative estimate of drug-likeness (QED) is 0.0546. The minimum Gasteiger partial charge on any atom is -0.439 e. The van der Waals surface area contributed by atoms with Gasteiger partial charge in [-0.2, -0.15) is 0 Å². The summed E-state index contributed by atoms with van der Waals surface area (Å²) in [6.45, 7) is 0. The van der Waals surface area contributed by atoms with E-state index in [1.54, 1.807) is 0 Å². The van der Waals surface area contributed by atoms with E-state index < -0.39 is 0 Å². The number of hydrogen-bond acceptors (Lipinski definition) is 6. The summed E-state index contributed by atoms with van der Waals surface area (Å²) in [5, 5.41) is 4.88. The van der Waals surface area contributed by atoms with Gasteiger partial charge < -0.3 is 19.3 Å². The summed E-state index contributed by atoms with van der Waals surface area (Å²) in [7, 11) is 4.16. The van der Waals surface area contributed by atoms with Crippen molar-refractivity contribution >= 4 is 68.9 Å². The Labute approximate surface area is 391 Å². The second-order valence-corrected chi connectivity index (χ2v) is 18.9. The molecule has 0 fully saturated rings. The van der Waals surface area contributed by atoms with Crippen LogP contribution in [0.3, 0.4) is 0 Å². The van der Waals surface area contributed by atoms with Gasteiger partial charge in [-0.25, -0.2) is 0 Å². The van der Waals surface area contributed by atoms with Crippen LogP contribution in [-0.2, 0) is 0 Å². The third-order valence-electron chi connectivity index (χ3n) is 12.3. The van der Waals surface area contributed by atoms with Crippen LogP contribution in [0.25, 0.3) is 45.3 Å². The number of thioether (sulfide) groups is 2. The summed E-state index contributed by atoms with van der Waals surface area (Å²) in [5.41, 5.74) is 9.23. The van der Waals surface area contributed by atoms with Crippen LogP contribution >= 0.6 is 23.5 Å². The smallest absolute Gasteiger partial charge is 0.247 e. The Hall–Kier alpha value is -6.48. The SMILES string of the molecule is CN1/C(=C/c2cc(SCCCCCCCCCSc3cc(/C=C4/Oc5ccccc5N4C)c4ccccc4[n+]3-c3ccccc3)[n+](-c3ccccc3)c3ccccc23)Oc2ccccc21. The highest BCUT2D eigenvalue weighted by Gasteiger charge is 2.28. The Bertz CT molecular complexity index is 2820. The van der Waals surface area contributed by atoms with Crippen LogP contribution in [0.2, 0.25) is 0 Å². The highest BCUT2D eigenvalue weighted by molar-refractivity contribution is 7.99. The van der Waals surface area contributed by atoms with E-state index in [1.165, 1.54) is 88.2 Å². The second kappa shape index (κ2) is 19.7. The van der Waals surface area contributed by atoms with Crippen molar-refractivity contribution in [3.8, 4) is 22.9 Å². The first-order valence-electron chi connectivity index (χ1n) is 22.9. The highest BCUT2D eigenvalue weighted by atomic mass is 32.2. The molecule has 65 heavy (non-hydrogen) atoms. The number of para-hydroxylation sites is 8. The average Bonchev–Trinajstić information content (AvgIpc) is 3.84. The van der Waals surface area contributed by atoms with Gasteiger partial charge in [-0.1, -0.05) is 141 Å². The van der Waals surface area contributed by atoms with Crippen LogP contribution in [-0.4, -0.2) is 25.6 Å². The summed E-state index contributed by atoms with van der Waals surface area (Å²) in [6, 6.07) is 60.2. The van der Waals surface area contributed by atoms with Gasteiger partial charge >= 0.3 is 0 Å². The molecule has 4 heterocycles. The van der Waals surface area contributed by atoms with Gasteiger partial charge in [-0.15, -0.1) is 9.13 Å². The maximum absolute atomic E-state index is 6.35. The summed E-state index contributed by atoms with van der Waals surface area (Å²) >= 11 is 3.92. The lowest BCUT2D eigenvalue weighted by molar-refractivity contribution is -0.608. The molecule has 8 heteroatoms. The zero-order valence-corrected chi connectivity index (χ0v) is 38.7. The summed E-state index contributed by atoms with van der Waals surface area (Å²) in [4.78, 5) is 4.28. The molecule has 6 aromatic carbocycles. The lowest BCUT2D eigenvalue weighted by atomic mass is 10.1. The van der Waals surface area contributed by atoms with E-state index in [0.717, 1.165) is 57.3 Å². The molecule has 324 valence electrons. The van der Waals surface area contributed by atoms with Gasteiger partial charge in [0.15, 0.2) is 11.5 Å². The van der Waals surface area contributed by atoms with Crippen molar-refractivity contribution in [2.24, 2.45) is 0 Å². The largest absolute Gasteiger partial charge is 0.439 e. The number of rotatable bonds is 16. The van der Waals surface area contributed by atoms with Crippen molar-refractivity contribution < 1.29 is 18.6 Å². The third kappa shape index (κ3) is 9.11. The van der Waals surface area contributed by atoms with Gasteiger partial charge in [0.1, 0.15) is 0 Å². The zero-order chi connectivity index (χ0) is 44.0. The van der Waals surface area contributed by atoms with E-state index in [-0.39, 0.29) is 0 Å². The van der Waals surface area contributed by atoms with Gasteiger partial charge in [-0.05, 0) is 49.2 Å². The molecule has 6 nitrogen and oxygen atoms in total. The van der Waals surface area contributed by atoms with Crippen LogP contribution in [0.1, 0.15) is 56.1 Å².